The highest BCUT2D eigenvalue weighted by atomic mass is 16.8. The van der Waals surface area contributed by atoms with Gasteiger partial charge >= 0.3 is 12.3 Å². The van der Waals surface area contributed by atoms with Gasteiger partial charge in [-0.05, 0) is 24.3 Å². The standard InChI is InChI=1S/C14H10O5.C4H6O2/c15-13(17-11-7-3-1-4-8-11)19-14(16)18-12-9-5-2-6-10-12;5-3-1-2-4-6/h1-10H;5-6H,3-4H2. The summed E-state index contributed by atoms with van der Waals surface area (Å²) in [6.45, 7) is -0.332. The molecule has 0 aliphatic rings. The van der Waals surface area contributed by atoms with Crippen molar-refractivity contribution < 1.29 is 34.0 Å². The largest absolute Gasteiger partial charge is 0.524 e. The van der Waals surface area contributed by atoms with Crippen molar-refractivity contribution in [1.82, 2.24) is 0 Å². The van der Waals surface area contributed by atoms with Crippen LogP contribution >= 0.6 is 0 Å². The van der Waals surface area contributed by atoms with Crippen molar-refractivity contribution in [3.63, 3.8) is 0 Å². The third kappa shape index (κ3) is 9.40. The van der Waals surface area contributed by atoms with Gasteiger partial charge < -0.3 is 24.4 Å². The van der Waals surface area contributed by atoms with Crippen molar-refractivity contribution in [1.29, 1.82) is 0 Å². The second kappa shape index (κ2) is 12.1. The van der Waals surface area contributed by atoms with Crippen LogP contribution in [-0.2, 0) is 4.74 Å². The highest BCUT2D eigenvalue weighted by molar-refractivity contribution is 5.79. The van der Waals surface area contributed by atoms with E-state index in [-0.39, 0.29) is 24.7 Å². The third-order valence-electron chi connectivity index (χ3n) is 2.34. The molecular weight excluding hydrogens is 328 g/mol. The molecular formula is C18H16O7. The highest BCUT2D eigenvalue weighted by Gasteiger charge is 2.14. The van der Waals surface area contributed by atoms with Crippen LogP contribution in [0.1, 0.15) is 0 Å². The lowest BCUT2D eigenvalue weighted by Gasteiger charge is -2.04. The molecule has 0 spiro atoms. The summed E-state index contributed by atoms with van der Waals surface area (Å²) < 4.78 is 13.9. The Bertz CT molecular complexity index is 643. The summed E-state index contributed by atoms with van der Waals surface area (Å²) in [5.74, 6) is 5.06. The number of ether oxygens (including phenoxy) is 3. The Morgan fingerprint density at radius 3 is 1.40 bits per heavy atom. The first-order valence-electron chi connectivity index (χ1n) is 7.04. The molecule has 2 rings (SSSR count). The summed E-state index contributed by atoms with van der Waals surface area (Å²) in [5, 5.41) is 15.8. The lowest BCUT2D eigenvalue weighted by molar-refractivity contribution is 0.0896. The maximum absolute atomic E-state index is 11.3. The van der Waals surface area contributed by atoms with E-state index in [4.69, 9.17) is 19.7 Å². The summed E-state index contributed by atoms with van der Waals surface area (Å²) in [4.78, 5) is 22.5. The molecule has 7 nitrogen and oxygen atoms in total. The average molecular weight is 344 g/mol. The van der Waals surface area contributed by atoms with E-state index in [1.807, 2.05) is 0 Å². The van der Waals surface area contributed by atoms with Gasteiger partial charge in [0.15, 0.2) is 0 Å². The second-order valence-corrected chi connectivity index (χ2v) is 4.10. The molecule has 0 saturated carbocycles. The second-order valence-electron chi connectivity index (χ2n) is 4.10. The minimum atomic E-state index is -1.15. The molecule has 7 heteroatoms. The fourth-order valence-corrected chi connectivity index (χ4v) is 1.39. The van der Waals surface area contributed by atoms with Gasteiger partial charge in [-0.1, -0.05) is 48.2 Å². The minimum absolute atomic E-state index is 0.166. The molecule has 2 aromatic rings. The summed E-state index contributed by atoms with van der Waals surface area (Å²) in [7, 11) is 0. The zero-order valence-electron chi connectivity index (χ0n) is 13.1. The maximum Gasteiger partial charge on any atom is 0.524 e. The summed E-state index contributed by atoms with van der Waals surface area (Å²) >= 11 is 0. The van der Waals surface area contributed by atoms with Crippen LogP contribution < -0.4 is 9.47 Å². The number of aliphatic hydroxyl groups excluding tert-OH is 2. The van der Waals surface area contributed by atoms with Gasteiger partial charge in [0.2, 0.25) is 0 Å². The molecule has 0 fully saturated rings. The van der Waals surface area contributed by atoms with Crippen molar-refractivity contribution in [3.05, 3.63) is 60.7 Å². The Balaban J connectivity index is 0.000000450. The van der Waals surface area contributed by atoms with Crippen molar-refractivity contribution in [3.8, 4) is 23.3 Å². The van der Waals surface area contributed by atoms with Gasteiger partial charge in [-0.2, -0.15) is 0 Å². The number of carbonyl (C=O) groups is 2. The van der Waals surface area contributed by atoms with Crippen molar-refractivity contribution in [2.24, 2.45) is 0 Å². The summed E-state index contributed by atoms with van der Waals surface area (Å²) in [6, 6.07) is 16.5. The molecule has 130 valence electrons. The summed E-state index contributed by atoms with van der Waals surface area (Å²) in [6.07, 6.45) is -2.29. The third-order valence-corrected chi connectivity index (χ3v) is 2.34. The number of hydrogen-bond acceptors (Lipinski definition) is 7. The van der Waals surface area contributed by atoms with E-state index in [9.17, 15) is 9.59 Å². The van der Waals surface area contributed by atoms with Crippen LogP contribution in [0.25, 0.3) is 0 Å². The van der Waals surface area contributed by atoms with Crippen LogP contribution in [0.5, 0.6) is 11.5 Å². The van der Waals surface area contributed by atoms with Crippen LogP contribution in [0, 0.1) is 11.8 Å². The first-order chi connectivity index (χ1) is 12.2. The summed E-state index contributed by atoms with van der Waals surface area (Å²) in [5.41, 5.74) is 0. The van der Waals surface area contributed by atoms with E-state index in [0.29, 0.717) is 0 Å². The molecule has 2 N–H and O–H groups in total. The molecule has 0 aliphatic carbocycles. The van der Waals surface area contributed by atoms with E-state index >= 15 is 0 Å². The van der Waals surface area contributed by atoms with Gasteiger partial charge in [0.05, 0.1) is 0 Å². The van der Waals surface area contributed by atoms with Crippen LogP contribution in [0.15, 0.2) is 60.7 Å². The molecule has 0 heterocycles. The zero-order chi connectivity index (χ0) is 18.3. The molecule has 2 aromatic carbocycles. The quantitative estimate of drug-likeness (QED) is 0.373. The zero-order valence-corrected chi connectivity index (χ0v) is 13.1. The molecule has 0 atom stereocenters. The average Bonchev–Trinajstić information content (AvgIpc) is 2.62. The van der Waals surface area contributed by atoms with E-state index in [0.717, 1.165) is 0 Å². The van der Waals surface area contributed by atoms with Crippen molar-refractivity contribution in [2.45, 2.75) is 0 Å². The normalized spacial score (nSPS) is 8.72. The van der Waals surface area contributed by atoms with E-state index in [2.05, 4.69) is 16.6 Å². The van der Waals surface area contributed by atoms with E-state index < -0.39 is 12.3 Å². The number of para-hydroxylation sites is 2. The highest BCUT2D eigenvalue weighted by Crippen LogP contribution is 2.11. The fourth-order valence-electron chi connectivity index (χ4n) is 1.39. The predicted molar refractivity (Wildman–Crippen MR) is 88.0 cm³/mol. The molecule has 0 unspecified atom stereocenters. The van der Waals surface area contributed by atoms with Gasteiger partial charge in [0.25, 0.3) is 0 Å². The molecule has 0 saturated heterocycles. The molecule has 0 bridgehead atoms. The fraction of sp³-hybridized carbons (Fsp3) is 0.111. The Hall–Kier alpha value is -3.34. The lowest BCUT2D eigenvalue weighted by Crippen LogP contribution is -2.19. The molecule has 0 aromatic heterocycles. The van der Waals surface area contributed by atoms with E-state index in [1.54, 1.807) is 60.7 Å². The SMILES string of the molecule is O=C(OC(=O)Oc1ccccc1)Oc1ccccc1.OCC#CCO. The Morgan fingerprint density at radius 2 is 1.08 bits per heavy atom. The van der Waals surface area contributed by atoms with E-state index in [1.165, 1.54) is 0 Å². The topological polar surface area (TPSA) is 102 Å². The van der Waals surface area contributed by atoms with Gasteiger partial charge in [0.1, 0.15) is 24.7 Å². The van der Waals surface area contributed by atoms with Crippen molar-refractivity contribution >= 4 is 12.3 Å². The smallest absolute Gasteiger partial charge is 0.395 e. The lowest BCUT2D eigenvalue weighted by atomic mass is 10.3. The molecule has 0 radical (unpaired) electrons. The number of hydrogen-bond donors (Lipinski definition) is 2. The number of aliphatic hydroxyl groups is 2. The van der Waals surface area contributed by atoms with Gasteiger partial charge in [0, 0.05) is 0 Å². The van der Waals surface area contributed by atoms with Crippen LogP contribution in [0.4, 0.5) is 9.59 Å². The number of carbonyl (C=O) groups excluding carboxylic acids is 2. The van der Waals surface area contributed by atoms with Gasteiger partial charge in [-0.25, -0.2) is 9.59 Å². The first-order valence-corrected chi connectivity index (χ1v) is 7.04. The molecule has 25 heavy (non-hydrogen) atoms. The predicted octanol–water partition coefficient (Wildman–Crippen LogP) is 2.38. The molecule has 0 aliphatic heterocycles. The Labute approximate surface area is 144 Å². The minimum Gasteiger partial charge on any atom is -0.395 e. The molecule has 0 amide bonds. The number of rotatable bonds is 2. The monoisotopic (exact) mass is 344 g/mol. The first kappa shape index (κ1) is 19.7. The van der Waals surface area contributed by atoms with Crippen LogP contribution in [0.3, 0.4) is 0 Å². The Morgan fingerprint density at radius 1 is 0.720 bits per heavy atom. The van der Waals surface area contributed by atoms with Gasteiger partial charge in [-0.3, -0.25) is 0 Å². The number of benzene rings is 2. The maximum atomic E-state index is 11.3. The van der Waals surface area contributed by atoms with Crippen molar-refractivity contribution in [2.75, 3.05) is 13.2 Å². The Kier molecular flexibility index (Phi) is 9.56. The van der Waals surface area contributed by atoms with Gasteiger partial charge in [-0.15, -0.1) is 0 Å². The van der Waals surface area contributed by atoms with Crippen LogP contribution in [0.2, 0.25) is 0 Å². The van der Waals surface area contributed by atoms with Crippen LogP contribution in [-0.4, -0.2) is 35.7 Å².